The molecule has 0 aliphatic carbocycles. The Morgan fingerprint density at radius 3 is 2.12 bits per heavy atom. The number of nitrogens with zero attached hydrogens (tertiary/aromatic N) is 2. The number of rotatable bonds is 2. The third kappa shape index (κ3) is 2.43. The summed E-state index contributed by atoms with van der Waals surface area (Å²) >= 11 is 0. The molecule has 0 radical (unpaired) electrons. The first kappa shape index (κ1) is 15.9. The lowest BCUT2D eigenvalue weighted by Gasteiger charge is -2.48. The van der Waals surface area contributed by atoms with Crippen molar-refractivity contribution in [3.63, 3.8) is 0 Å². The first-order valence-corrected chi connectivity index (χ1v) is 9.57. The average molecular weight is 348 g/mol. The molecule has 4 nitrogen and oxygen atoms in total. The topological polar surface area (TPSA) is 32.8 Å². The van der Waals surface area contributed by atoms with E-state index in [2.05, 4.69) is 4.90 Å². The normalized spacial score (nSPS) is 26.6. The van der Waals surface area contributed by atoms with Crippen LogP contribution in [0.3, 0.4) is 0 Å². The Hall–Kier alpha value is -2.33. The second-order valence-electron chi connectivity index (χ2n) is 7.77. The van der Waals surface area contributed by atoms with Crippen molar-refractivity contribution in [1.29, 1.82) is 0 Å². The number of carbonyl (C=O) groups excluding carboxylic acids is 1. The highest BCUT2D eigenvalue weighted by Crippen LogP contribution is 2.45. The fraction of sp³-hybridized carbons (Fsp3) is 0.409. The number of amides is 1. The van der Waals surface area contributed by atoms with Crippen molar-refractivity contribution in [2.24, 2.45) is 5.92 Å². The molecule has 2 aromatic carbocycles. The van der Waals surface area contributed by atoms with Gasteiger partial charge >= 0.3 is 0 Å². The van der Waals surface area contributed by atoms with Gasteiger partial charge in [0, 0.05) is 30.8 Å². The molecule has 4 heterocycles. The van der Waals surface area contributed by atoms with Crippen LogP contribution in [0.2, 0.25) is 0 Å². The fourth-order valence-electron chi connectivity index (χ4n) is 4.92. The molecule has 0 aromatic heterocycles. The lowest BCUT2D eigenvalue weighted by atomic mass is 9.81. The summed E-state index contributed by atoms with van der Waals surface area (Å²) in [6.07, 6.45) is 2.42. The molecule has 1 atom stereocenters. The smallest absolute Gasteiger partial charge is 0.234 e. The van der Waals surface area contributed by atoms with Crippen molar-refractivity contribution in [1.82, 2.24) is 9.80 Å². The van der Waals surface area contributed by atoms with Crippen LogP contribution in [0.4, 0.5) is 0 Å². The molecular weight excluding hydrogens is 324 g/mol. The number of para-hydroxylation sites is 2. The van der Waals surface area contributed by atoms with Crippen LogP contribution in [-0.4, -0.2) is 48.4 Å². The Morgan fingerprint density at radius 1 is 1.00 bits per heavy atom. The third-order valence-corrected chi connectivity index (χ3v) is 6.39. The number of carbonyl (C=O) groups is 1. The predicted octanol–water partition coefficient (Wildman–Crippen LogP) is 3.48. The summed E-state index contributed by atoms with van der Waals surface area (Å²) in [7, 11) is 2.00. The molecule has 134 valence electrons. The number of benzene rings is 2. The molecule has 4 aliphatic rings. The summed E-state index contributed by atoms with van der Waals surface area (Å²) in [5.41, 5.74) is 1.95. The molecule has 1 unspecified atom stereocenters. The molecule has 0 saturated carbocycles. The van der Waals surface area contributed by atoms with Gasteiger partial charge in [0.2, 0.25) is 5.91 Å². The van der Waals surface area contributed by atoms with E-state index >= 15 is 0 Å². The van der Waals surface area contributed by atoms with E-state index in [1.165, 1.54) is 25.9 Å². The zero-order valence-electron chi connectivity index (χ0n) is 15.1. The number of ether oxygens (including phenoxy) is 1. The van der Waals surface area contributed by atoms with Crippen molar-refractivity contribution < 1.29 is 9.53 Å². The van der Waals surface area contributed by atoms with E-state index < -0.39 is 0 Å². The number of hydrogen-bond acceptors (Lipinski definition) is 3. The minimum Gasteiger partial charge on any atom is -0.457 e. The van der Waals surface area contributed by atoms with Crippen LogP contribution in [0.15, 0.2) is 48.5 Å². The van der Waals surface area contributed by atoms with Crippen LogP contribution in [-0.2, 0) is 4.79 Å². The number of likely N-dealkylation sites (N-methyl/N-ethyl adjacent to an activating group) is 1. The fourth-order valence-corrected chi connectivity index (χ4v) is 4.92. The van der Waals surface area contributed by atoms with E-state index in [-0.39, 0.29) is 11.8 Å². The molecule has 6 rings (SSSR count). The number of fused-ring (bicyclic) bond motifs is 5. The molecule has 4 heteroatoms. The summed E-state index contributed by atoms with van der Waals surface area (Å²) in [4.78, 5) is 18.2. The van der Waals surface area contributed by atoms with Crippen LogP contribution >= 0.6 is 0 Å². The van der Waals surface area contributed by atoms with E-state index in [0.29, 0.717) is 12.0 Å². The second-order valence-corrected chi connectivity index (χ2v) is 7.77. The highest BCUT2D eigenvalue weighted by Gasteiger charge is 2.41. The summed E-state index contributed by atoms with van der Waals surface area (Å²) in [5.74, 6) is 2.14. The van der Waals surface area contributed by atoms with Crippen molar-refractivity contribution >= 4 is 5.91 Å². The molecule has 26 heavy (non-hydrogen) atoms. The van der Waals surface area contributed by atoms with E-state index in [1.54, 1.807) is 0 Å². The summed E-state index contributed by atoms with van der Waals surface area (Å²) < 4.78 is 6.05. The number of piperidine rings is 3. The van der Waals surface area contributed by atoms with Crippen LogP contribution in [0.25, 0.3) is 0 Å². The Morgan fingerprint density at radius 2 is 1.58 bits per heavy atom. The summed E-state index contributed by atoms with van der Waals surface area (Å²) in [6, 6.07) is 16.2. The van der Waals surface area contributed by atoms with E-state index in [9.17, 15) is 4.79 Å². The monoisotopic (exact) mass is 348 g/mol. The van der Waals surface area contributed by atoms with Gasteiger partial charge in [0.1, 0.15) is 11.5 Å². The summed E-state index contributed by atoms with van der Waals surface area (Å²) in [6.45, 7) is 3.39. The molecule has 0 spiro atoms. The highest BCUT2D eigenvalue weighted by molar-refractivity contribution is 5.89. The maximum atomic E-state index is 13.7. The minimum atomic E-state index is -0.281. The molecule has 0 N–H and O–H groups in total. The van der Waals surface area contributed by atoms with Gasteiger partial charge in [-0.2, -0.15) is 0 Å². The molecule has 2 bridgehead atoms. The van der Waals surface area contributed by atoms with Gasteiger partial charge in [-0.05, 0) is 44.0 Å². The highest BCUT2D eigenvalue weighted by atomic mass is 16.5. The molecule has 3 fully saturated rings. The van der Waals surface area contributed by atoms with Gasteiger partial charge in [0.05, 0.1) is 5.92 Å². The third-order valence-electron chi connectivity index (χ3n) is 6.39. The summed E-state index contributed by atoms with van der Waals surface area (Å²) in [5, 5.41) is 0. The predicted molar refractivity (Wildman–Crippen MR) is 101 cm³/mol. The van der Waals surface area contributed by atoms with Gasteiger partial charge in [-0.3, -0.25) is 4.79 Å². The maximum Gasteiger partial charge on any atom is 0.234 e. The minimum absolute atomic E-state index is 0.187. The van der Waals surface area contributed by atoms with Gasteiger partial charge in [0.15, 0.2) is 0 Å². The molecule has 1 amide bonds. The van der Waals surface area contributed by atoms with E-state index in [0.717, 1.165) is 29.2 Å². The van der Waals surface area contributed by atoms with Crippen LogP contribution in [0.5, 0.6) is 11.5 Å². The van der Waals surface area contributed by atoms with Gasteiger partial charge in [-0.15, -0.1) is 0 Å². The lowest BCUT2D eigenvalue weighted by molar-refractivity contribution is -0.136. The van der Waals surface area contributed by atoms with Gasteiger partial charge in [-0.1, -0.05) is 36.4 Å². The average Bonchev–Trinajstić information content (AvgIpc) is 2.71. The number of hydrogen-bond donors (Lipinski definition) is 0. The van der Waals surface area contributed by atoms with Gasteiger partial charge in [0.25, 0.3) is 0 Å². The van der Waals surface area contributed by atoms with Crippen molar-refractivity contribution in [3.05, 3.63) is 59.7 Å². The van der Waals surface area contributed by atoms with Crippen LogP contribution in [0, 0.1) is 5.92 Å². The Balaban J connectivity index is 1.52. The second kappa shape index (κ2) is 6.13. The van der Waals surface area contributed by atoms with Crippen LogP contribution in [0.1, 0.15) is 29.9 Å². The molecular formula is C22H24N2O2. The molecule has 4 aliphatic heterocycles. The quantitative estimate of drug-likeness (QED) is 0.833. The Kier molecular flexibility index (Phi) is 3.75. The van der Waals surface area contributed by atoms with Crippen molar-refractivity contribution in [2.45, 2.75) is 24.8 Å². The lowest BCUT2D eigenvalue weighted by Crippen LogP contribution is -2.58. The van der Waals surface area contributed by atoms with Gasteiger partial charge < -0.3 is 14.5 Å². The maximum absolute atomic E-state index is 13.7. The molecule has 3 saturated heterocycles. The van der Waals surface area contributed by atoms with E-state index in [4.69, 9.17) is 4.74 Å². The zero-order chi connectivity index (χ0) is 17.7. The zero-order valence-corrected chi connectivity index (χ0v) is 15.1. The molecule has 2 aromatic rings. The standard InChI is InChI=1S/C22H24N2O2/c1-23(18-14-24-12-10-15(18)11-13-24)22(25)21-16-6-2-4-8-19(16)26-20-9-5-3-7-17(20)21/h2-9,15,18,21H,10-14H2,1H3. The first-order valence-electron chi connectivity index (χ1n) is 9.57. The Bertz CT molecular complexity index is 796. The largest absolute Gasteiger partial charge is 0.457 e. The van der Waals surface area contributed by atoms with Gasteiger partial charge in [-0.25, -0.2) is 0 Å². The van der Waals surface area contributed by atoms with Crippen molar-refractivity contribution in [3.8, 4) is 11.5 Å². The van der Waals surface area contributed by atoms with Crippen LogP contribution < -0.4 is 4.74 Å². The van der Waals surface area contributed by atoms with E-state index in [1.807, 2.05) is 60.5 Å². The Labute approximate surface area is 154 Å². The SMILES string of the molecule is CN(C(=O)C1c2ccccc2Oc2ccccc21)C1CN2CCC1CC2. The van der Waals surface area contributed by atoms with Crippen molar-refractivity contribution in [2.75, 3.05) is 26.7 Å². The first-order chi connectivity index (χ1) is 12.7.